The van der Waals surface area contributed by atoms with Crippen LogP contribution in [0.15, 0.2) is 54.6 Å². The van der Waals surface area contributed by atoms with Crippen LogP contribution in [0.2, 0.25) is 0 Å². The largest absolute Gasteiger partial charge is 0.454 e. The monoisotopic (exact) mass is 542 g/mol. The Hall–Kier alpha value is -3.94. The van der Waals surface area contributed by atoms with Crippen LogP contribution in [0.4, 0.5) is 0 Å². The molecular weight excluding hydrogens is 508 g/mol. The molecule has 2 amide bonds. The van der Waals surface area contributed by atoms with Crippen LogP contribution < -0.4 is 18.9 Å². The molecule has 5 aliphatic rings. The first-order chi connectivity index (χ1) is 19.7. The minimum atomic E-state index is -0.426. The van der Waals surface area contributed by atoms with Gasteiger partial charge in [0.25, 0.3) is 0 Å². The zero-order chi connectivity index (χ0) is 27.1. The highest BCUT2D eigenvalue weighted by atomic mass is 16.7. The third-order valence-electron chi connectivity index (χ3n) is 8.84. The van der Waals surface area contributed by atoms with Crippen LogP contribution in [0.3, 0.4) is 0 Å². The van der Waals surface area contributed by atoms with E-state index in [0.717, 1.165) is 68.7 Å². The van der Waals surface area contributed by atoms with Crippen molar-refractivity contribution in [3.05, 3.63) is 65.8 Å². The minimum absolute atomic E-state index is 0.109. The van der Waals surface area contributed by atoms with Gasteiger partial charge in [0.05, 0.1) is 11.8 Å². The van der Waals surface area contributed by atoms with Crippen molar-refractivity contribution in [3.63, 3.8) is 0 Å². The van der Waals surface area contributed by atoms with Crippen molar-refractivity contribution >= 4 is 17.9 Å². The summed E-state index contributed by atoms with van der Waals surface area (Å²) in [5.74, 6) is 1.72. The molecule has 2 aromatic carbocycles. The molecule has 2 aromatic rings. The average Bonchev–Trinajstić information content (AvgIpc) is 3.81. The van der Waals surface area contributed by atoms with Gasteiger partial charge in [0.15, 0.2) is 23.0 Å². The number of benzene rings is 2. The Kier molecular flexibility index (Phi) is 6.61. The molecule has 4 atom stereocenters. The van der Waals surface area contributed by atoms with Crippen molar-refractivity contribution < 1.29 is 28.5 Å². The Morgan fingerprint density at radius 2 is 1.30 bits per heavy atom. The maximum absolute atomic E-state index is 14.3. The van der Waals surface area contributed by atoms with Crippen molar-refractivity contribution in [3.8, 4) is 23.0 Å². The van der Waals surface area contributed by atoms with Crippen molar-refractivity contribution in [1.82, 2.24) is 9.80 Å². The number of likely N-dealkylation sites (tertiary alicyclic amines) is 2. The van der Waals surface area contributed by atoms with Crippen LogP contribution >= 0.6 is 0 Å². The van der Waals surface area contributed by atoms with Crippen molar-refractivity contribution in [2.24, 2.45) is 17.8 Å². The van der Waals surface area contributed by atoms with Gasteiger partial charge < -0.3 is 28.7 Å². The highest BCUT2D eigenvalue weighted by Gasteiger charge is 2.46. The van der Waals surface area contributed by atoms with Gasteiger partial charge in [0, 0.05) is 38.0 Å². The standard InChI is InChI=1S/C32H34N2O6/c35-31(33-13-1-2-14-33)25-10-9-23(22-7-12-27-29(18-22)40-20-38-27)30(32(36)34-15-3-4-16-34)24(25)8-5-21-6-11-26-28(17-21)39-19-37-26/h5-12,17-18,23-25,30H,1-4,13-16,19-20H2/b8-5+/t23-,24-,25-,30-/m1/s1. The van der Waals surface area contributed by atoms with Gasteiger partial charge in [-0.15, -0.1) is 0 Å². The number of allylic oxidation sites excluding steroid dienone is 2. The third kappa shape index (κ3) is 4.59. The van der Waals surface area contributed by atoms with E-state index in [-0.39, 0.29) is 37.2 Å². The third-order valence-corrected chi connectivity index (χ3v) is 8.84. The predicted octanol–water partition coefficient (Wildman–Crippen LogP) is 4.60. The Balaban J connectivity index is 1.29. The predicted molar refractivity (Wildman–Crippen MR) is 148 cm³/mol. The number of amides is 2. The SMILES string of the molecule is O=C([C@H]1[C@H](/C=C/c2ccc3c(c2)OCO3)[C@H](C(=O)N2CCCC2)C=C[C@@H]1c1ccc2c(c1)OCO2)N1CCCC1. The molecule has 4 aliphatic heterocycles. The molecule has 0 N–H and O–H groups in total. The fraction of sp³-hybridized carbons (Fsp3) is 0.438. The van der Waals surface area contributed by atoms with Gasteiger partial charge in [-0.2, -0.15) is 0 Å². The van der Waals surface area contributed by atoms with E-state index < -0.39 is 11.8 Å². The second-order valence-corrected chi connectivity index (χ2v) is 11.2. The van der Waals surface area contributed by atoms with E-state index in [1.807, 2.05) is 58.4 Å². The summed E-state index contributed by atoms with van der Waals surface area (Å²) < 4.78 is 22.3. The molecule has 2 saturated heterocycles. The topological polar surface area (TPSA) is 77.5 Å². The summed E-state index contributed by atoms with van der Waals surface area (Å²) in [4.78, 5) is 32.2. The van der Waals surface area contributed by atoms with Gasteiger partial charge in [0.1, 0.15) is 0 Å². The molecule has 8 nitrogen and oxygen atoms in total. The number of rotatable bonds is 5. The summed E-state index contributed by atoms with van der Waals surface area (Å²) in [6.07, 6.45) is 12.3. The number of fused-ring (bicyclic) bond motifs is 2. The van der Waals surface area contributed by atoms with Crippen molar-refractivity contribution in [2.75, 3.05) is 39.8 Å². The van der Waals surface area contributed by atoms with E-state index in [2.05, 4.69) is 12.2 Å². The van der Waals surface area contributed by atoms with Crippen molar-refractivity contribution in [1.29, 1.82) is 0 Å². The van der Waals surface area contributed by atoms with Crippen LogP contribution in [-0.4, -0.2) is 61.4 Å². The average molecular weight is 543 g/mol. The Morgan fingerprint density at radius 3 is 2.00 bits per heavy atom. The van der Waals surface area contributed by atoms with Gasteiger partial charge in [-0.05, 0) is 61.1 Å². The van der Waals surface area contributed by atoms with E-state index >= 15 is 0 Å². The minimum Gasteiger partial charge on any atom is -0.454 e. The van der Waals surface area contributed by atoms with Gasteiger partial charge in [0.2, 0.25) is 25.4 Å². The molecular formula is C32H34N2O6. The normalized spacial score (nSPS) is 26.7. The van der Waals surface area contributed by atoms with E-state index in [0.29, 0.717) is 17.2 Å². The summed E-state index contributed by atoms with van der Waals surface area (Å²) in [7, 11) is 0. The Bertz CT molecular complexity index is 1360. The lowest BCUT2D eigenvalue weighted by Gasteiger charge is -2.40. The highest BCUT2D eigenvalue weighted by molar-refractivity contribution is 5.87. The molecule has 0 saturated carbocycles. The maximum atomic E-state index is 14.3. The number of nitrogens with zero attached hydrogens (tertiary/aromatic N) is 2. The quantitative estimate of drug-likeness (QED) is 0.514. The van der Waals surface area contributed by atoms with E-state index in [1.54, 1.807) is 0 Å². The molecule has 0 aromatic heterocycles. The number of carbonyl (C=O) groups is 2. The molecule has 2 fully saturated rings. The summed E-state index contributed by atoms with van der Waals surface area (Å²) in [6.45, 7) is 3.48. The molecule has 208 valence electrons. The molecule has 1 aliphatic carbocycles. The van der Waals surface area contributed by atoms with Crippen LogP contribution in [-0.2, 0) is 9.59 Å². The molecule has 0 unspecified atom stereocenters. The summed E-state index contributed by atoms with van der Waals surface area (Å²) >= 11 is 0. The molecule has 4 heterocycles. The number of hydrogen-bond acceptors (Lipinski definition) is 6. The van der Waals surface area contributed by atoms with Crippen LogP contribution in [0.5, 0.6) is 23.0 Å². The maximum Gasteiger partial charge on any atom is 0.231 e. The molecule has 0 radical (unpaired) electrons. The fourth-order valence-electron chi connectivity index (χ4n) is 6.73. The van der Waals surface area contributed by atoms with Gasteiger partial charge in [-0.1, -0.05) is 36.4 Å². The molecule has 0 bridgehead atoms. The molecule has 40 heavy (non-hydrogen) atoms. The zero-order valence-corrected chi connectivity index (χ0v) is 22.5. The van der Waals surface area contributed by atoms with E-state index in [1.165, 1.54) is 0 Å². The molecule has 0 spiro atoms. The first-order valence-corrected chi connectivity index (χ1v) is 14.4. The smallest absolute Gasteiger partial charge is 0.231 e. The summed E-state index contributed by atoms with van der Waals surface area (Å²) in [5.41, 5.74) is 1.93. The number of carbonyl (C=O) groups excluding carboxylic acids is 2. The van der Waals surface area contributed by atoms with Gasteiger partial charge in [-0.3, -0.25) is 9.59 Å². The number of ether oxygens (including phenoxy) is 4. The van der Waals surface area contributed by atoms with Gasteiger partial charge in [-0.25, -0.2) is 0 Å². The Morgan fingerprint density at radius 1 is 0.700 bits per heavy atom. The van der Waals surface area contributed by atoms with Gasteiger partial charge >= 0.3 is 0 Å². The molecule has 8 heteroatoms. The molecule has 7 rings (SSSR count). The summed E-state index contributed by atoms with van der Waals surface area (Å²) in [6, 6.07) is 11.8. The lowest BCUT2D eigenvalue weighted by Crippen LogP contribution is -2.47. The highest BCUT2D eigenvalue weighted by Crippen LogP contribution is 2.46. The fourth-order valence-corrected chi connectivity index (χ4v) is 6.73. The summed E-state index contributed by atoms with van der Waals surface area (Å²) in [5, 5.41) is 0. The Labute approximate surface area is 234 Å². The van der Waals surface area contributed by atoms with E-state index in [4.69, 9.17) is 18.9 Å². The number of hydrogen-bond donors (Lipinski definition) is 0. The lowest BCUT2D eigenvalue weighted by atomic mass is 9.67. The van der Waals surface area contributed by atoms with Crippen LogP contribution in [0, 0.1) is 17.8 Å². The first-order valence-electron chi connectivity index (χ1n) is 14.4. The lowest BCUT2D eigenvalue weighted by molar-refractivity contribution is -0.140. The van der Waals surface area contributed by atoms with Crippen LogP contribution in [0.25, 0.3) is 6.08 Å². The van der Waals surface area contributed by atoms with Crippen molar-refractivity contribution in [2.45, 2.75) is 31.6 Å². The van der Waals surface area contributed by atoms with Crippen LogP contribution in [0.1, 0.15) is 42.7 Å². The zero-order valence-electron chi connectivity index (χ0n) is 22.5. The van der Waals surface area contributed by atoms with E-state index in [9.17, 15) is 9.59 Å². The second kappa shape index (κ2) is 10.6. The first kappa shape index (κ1) is 25.1. The second-order valence-electron chi connectivity index (χ2n) is 11.2.